The smallest absolute Gasteiger partial charge is 0.225 e. The van der Waals surface area contributed by atoms with Gasteiger partial charge in [-0.25, -0.2) is 0 Å². The number of para-hydroxylation sites is 1. The van der Waals surface area contributed by atoms with Gasteiger partial charge in [-0.2, -0.15) is 0 Å². The molecule has 2 aliphatic rings. The lowest BCUT2D eigenvalue weighted by Crippen LogP contribution is -2.43. The van der Waals surface area contributed by atoms with E-state index in [9.17, 15) is 4.79 Å². The lowest BCUT2D eigenvalue weighted by Gasteiger charge is -2.33. The van der Waals surface area contributed by atoms with Crippen LogP contribution in [0.3, 0.4) is 0 Å². The molecule has 0 spiro atoms. The summed E-state index contributed by atoms with van der Waals surface area (Å²) >= 11 is 0. The molecule has 20 heavy (non-hydrogen) atoms. The van der Waals surface area contributed by atoms with Crippen molar-refractivity contribution in [1.82, 2.24) is 4.90 Å². The van der Waals surface area contributed by atoms with Crippen LogP contribution in [0, 0.1) is 5.92 Å². The SMILES string of the molecule is O=C(C1CCCC1)N1CCC(Oc2ccccc2)CC1. The van der Waals surface area contributed by atoms with Crippen LogP contribution in [-0.4, -0.2) is 30.0 Å². The van der Waals surface area contributed by atoms with Crippen LogP contribution < -0.4 is 4.74 Å². The van der Waals surface area contributed by atoms with Crippen LogP contribution in [0.1, 0.15) is 38.5 Å². The van der Waals surface area contributed by atoms with Crippen molar-refractivity contribution in [2.75, 3.05) is 13.1 Å². The molecule has 3 heteroatoms. The fourth-order valence-corrected chi connectivity index (χ4v) is 3.32. The van der Waals surface area contributed by atoms with E-state index in [0.29, 0.717) is 11.8 Å². The lowest BCUT2D eigenvalue weighted by atomic mass is 10.0. The second kappa shape index (κ2) is 6.29. The van der Waals surface area contributed by atoms with Gasteiger partial charge in [0.25, 0.3) is 0 Å². The van der Waals surface area contributed by atoms with Crippen LogP contribution >= 0.6 is 0 Å². The third kappa shape index (κ3) is 3.14. The average molecular weight is 273 g/mol. The number of carbonyl (C=O) groups is 1. The van der Waals surface area contributed by atoms with Crippen molar-refractivity contribution in [1.29, 1.82) is 0 Å². The molecule has 1 aromatic rings. The predicted molar refractivity (Wildman–Crippen MR) is 78.6 cm³/mol. The number of likely N-dealkylation sites (tertiary alicyclic amines) is 1. The van der Waals surface area contributed by atoms with Gasteiger partial charge >= 0.3 is 0 Å². The second-order valence-corrected chi connectivity index (χ2v) is 5.94. The number of ether oxygens (including phenoxy) is 1. The topological polar surface area (TPSA) is 29.5 Å². The molecule has 1 aromatic carbocycles. The normalized spacial score (nSPS) is 21.1. The summed E-state index contributed by atoms with van der Waals surface area (Å²) in [5, 5.41) is 0. The molecule has 1 amide bonds. The molecular formula is C17H23NO2. The van der Waals surface area contributed by atoms with Crippen LogP contribution in [0.4, 0.5) is 0 Å². The first kappa shape index (κ1) is 13.5. The molecule has 0 atom stereocenters. The van der Waals surface area contributed by atoms with Crippen molar-refractivity contribution >= 4 is 5.91 Å². The van der Waals surface area contributed by atoms with E-state index in [0.717, 1.165) is 44.5 Å². The van der Waals surface area contributed by atoms with Gasteiger partial charge in [-0.3, -0.25) is 4.79 Å². The number of hydrogen-bond acceptors (Lipinski definition) is 2. The van der Waals surface area contributed by atoms with Gasteiger partial charge in [0, 0.05) is 31.8 Å². The van der Waals surface area contributed by atoms with E-state index in [1.807, 2.05) is 30.3 Å². The summed E-state index contributed by atoms with van der Waals surface area (Å²) < 4.78 is 5.97. The maximum Gasteiger partial charge on any atom is 0.225 e. The molecule has 0 radical (unpaired) electrons. The van der Waals surface area contributed by atoms with Crippen LogP contribution in [0.5, 0.6) is 5.75 Å². The van der Waals surface area contributed by atoms with Crippen molar-refractivity contribution in [3.05, 3.63) is 30.3 Å². The molecule has 1 aliphatic carbocycles. The summed E-state index contributed by atoms with van der Waals surface area (Å²) in [6, 6.07) is 9.98. The molecule has 1 heterocycles. The maximum absolute atomic E-state index is 12.4. The molecule has 0 N–H and O–H groups in total. The molecule has 2 fully saturated rings. The molecule has 1 aliphatic heterocycles. The Hall–Kier alpha value is -1.51. The summed E-state index contributed by atoms with van der Waals surface area (Å²) in [6.45, 7) is 1.71. The van der Waals surface area contributed by atoms with E-state index in [1.165, 1.54) is 12.8 Å². The number of amides is 1. The Kier molecular flexibility index (Phi) is 4.24. The highest BCUT2D eigenvalue weighted by Crippen LogP contribution is 2.28. The highest BCUT2D eigenvalue weighted by Gasteiger charge is 2.30. The molecule has 1 saturated heterocycles. The Bertz CT molecular complexity index is 432. The quantitative estimate of drug-likeness (QED) is 0.846. The minimum Gasteiger partial charge on any atom is -0.490 e. The number of hydrogen-bond donors (Lipinski definition) is 0. The van der Waals surface area contributed by atoms with E-state index >= 15 is 0 Å². The van der Waals surface area contributed by atoms with E-state index in [4.69, 9.17) is 4.74 Å². The molecular weight excluding hydrogens is 250 g/mol. The first-order valence-electron chi connectivity index (χ1n) is 7.83. The third-order valence-corrected chi connectivity index (χ3v) is 4.50. The summed E-state index contributed by atoms with van der Waals surface area (Å²) in [7, 11) is 0. The Morgan fingerprint density at radius 1 is 1.00 bits per heavy atom. The number of rotatable bonds is 3. The number of nitrogens with zero attached hydrogens (tertiary/aromatic N) is 1. The zero-order valence-electron chi connectivity index (χ0n) is 12.0. The van der Waals surface area contributed by atoms with Gasteiger partial charge in [-0.1, -0.05) is 31.0 Å². The van der Waals surface area contributed by atoms with E-state index < -0.39 is 0 Å². The molecule has 3 rings (SSSR count). The van der Waals surface area contributed by atoms with E-state index in [2.05, 4.69) is 4.90 Å². The van der Waals surface area contributed by atoms with Crippen LogP contribution in [0.15, 0.2) is 30.3 Å². The summed E-state index contributed by atoms with van der Waals surface area (Å²) in [4.78, 5) is 14.4. The lowest BCUT2D eigenvalue weighted by molar-refractivity contribution is -0.137. The van der Waals surface area contributed by atoms with Gasteiger partial charge in [-0.05, 0) is 25.0 Å². The number of carbonyl (C=O) groups excluding carboxylic acids is 1. The highest BCUT2D eigenvalue weighted by atomic mass is 16.5. The largest absolute Gasteiger partial charge is 0.490 e. The van der Waals surface area contributed by atoms with Gasteiger partial charge < -0.3 is 9.64 Å². The summed E-state index contributed by atoms with van der Waals surface area (Å²) in [5.74, 6) is 1.63. The van der Waals surface area contributed by atoms with E-state index in [1.54, 1.807) is 0 Å². The molecule has 0 aromatic heterocycles. The zero-order chi connectivity index (χ0) is 13.8. The first-order chi connectivity index (χ1) is 9.83. The van der Waals surface area contributed by atoms with Crippen LogP contribution in [0.25, 0.3) is 0 Å². The standard InChI is InChI=1S/C17H23NO2/c19-17(14-6-4-5-7-14)18-12-10-16(11-13-18)20-15-8-2-1-3-9-15/h1-3,8-9,14,16H,4-7,10-13H2. The molecule has 108 valence electrons. The average Bonchev–Trinajstić information content (AvgIpc) is 3.03. The van der Waals surface area contributed by atoms with Gasteiger partial charge in [0.05, 0.1) is 0 Å². The third-order valence-electron chi connectivity index (χ3n) is 4.50. The van der Waals surface area contributed by atoms with Crippen LogP contribution in [-0.2, 0) is 4.79 Å². The monoisotopic (exact) mass is 273 g/mol. The van der Waals surface area contributed by atoms with Gasteiger partial charge in [0.1, 0.15) is 11.9 Å². The molecule has 0 unspecified atom stereocenters. The Labute approximate surface area is 120 Å². The second-order valence-electron chi connectivity index (χ2n) is 5.94. The van der Waals surface area contributed by atoms with Gasteiger partial charge in [0.15, 0.2) is 0 Å². The zero-order valence-corrected chi connectivity index (χ0v) is 12.0. The minimum atomic E-state index is 0.255. The maximum atomic E-state index is 12.4. The van der Waals surface area contributed by atoms with Gasteiger partial charge in [-0.15, -0.1) is 0 Å². The Balaban J connectivity index is 1.48. The Morgan fingerprint density at radius 2 is 1.65 bits per heavy atom. The number of benzene rings is 1. The van der Waals surface area contributed by atoms with E-state index in [-0.39, 0.29) is 6.10 Å². The van der Waals surface area contributed by atoms with Crippen molar-refractivity contribution < 1.29 is 9.53 Å². The molecule has 3 nitrogen and oxygen atoms in total. The first-order valence-corrected chi connectivity index (χ1v) is 7.83. The summed E-state index contributed by atoms with van der Waals surface area (Å²) in [6.07, 6.45) is 6.80. The van der Waals surface area contributed by atoms with Crippen molar-refractivity contribution in [3.8, 4) is 5.75 Å². The van der Waals surface area contributed by atoms with Crippen molar-refractivity contribution in [2.24, 2.45) is 5.92 Å². The minimum absolute atomic E-state index is 0.255. The highest BCUT2D eigenvalue weighted by molar-refractivity contribution is 5.79. The molecule has 1 saturated carbocycles. The van der Waals surface area contributed by atoms with Crippen molar-refractivity contribution in [3.63, 3.8) is 0 Å². The fraction of sp³-hybridized carbons (Fsp3) is 0.588. The van der Waals surface area contributed by atoms with Crippen molar-refractivity contribution in [2.45, 2.75) is 44.6 Å². The fourth-order valence-electron chi connectivity index (χ4n) is 3.32. The Morgan fingerprint density at radius 3 is 2.30 bits per heavy atom. The molecule has 0 bridgehead atoms. The predicted octanol–water partition coefficient (Wildman–Crippen LogP) is 3.25. The number of piperidine rings is 1. The van der Waals surface area contributed by atoms with Gasteiger partial charge in [0.2, 0.25) is 5.91 Å². The summed E-state index contributed by atoms with van der Waals surface area (Å²) in [5.41, 5.74) is 0. The van der Waals surface area contributed by atoms with Crippen LogP contribution in [0.2, 0.25) is 0 Å².